The Bertz CT molecular complexity index is 4480. The molecule has 4 atom stereocenters. The van der Waals surface area contributed by atoms with Gasteiger partial charge >= 0.3 is 18.3 Å². The van der Waals surface area contributed by atoms with E-state index in [1.54, 1.807) is 67.3 Å². The lowest BCUT2D eigenvalue weighted by Gasteiger charge is -2.41. The monoisotopic (exact) mass is 1660 g/mol. The van der Waals surface area contributed by atoms with Crippen molar-refractivity contribution in [1.29, 1.82) is 0 Å². The summed E-state index contributed by atoms with van der Waals surface area (Å²) in [6, 6.07) is 35.0. The number of hydrogen-bond acceptors (Lipinski definition) is 20. The zero-order chi connectivity index (χ0) is 84.8. The van der Waals surface area contributed by atoms with Crippen LogP contribution in [0.3, 0.4) is 0 Å². The summed E-state index contributed by atoms with van der Waals surface area (Å²) in [7, 11) is 0.710. The number of unbranched alkanes of at least 4 members (excludes halogenated alkanes) is 2. The zero-order valence-electron chi connectivity index (χ0n) is 70.2. The lowest BCUT2D eigenvalue weighted by Crippen LogP contribution is -2.53. The third-order valence-electron chi connectivity index (χ3n) is 22.8. The summed E-state index contributed by atoms with van der Waals surface area (Å²) in [4.78, 5) is 115. The maximum Gasteiger partial charge on any atom is 0.414 e. The molecule has 0 radical (unpaired) electrons. The van der Waals surface area contributed by atoms with E-state index in [0.717, 1.165) is 41.5 Å². The van der Waals surface area contributed by atoms with Gasteiger partial charge in [-0.15, -0.1) is 0 Å². The minimum atomic E-state index is -2.28. The molecule has 3 heterocycles. The van der Waals surface area contributed by atoms with Gasteiger partial charge in [0.1, 0.15) is 31.9 Å². The standard InChI is InChI=1S/C90H116N8O20Si/c1-12-36-115-88(106)97-54-66-52-90(33-34-90)58-98(66)85(103)72-49-77(108-9)79(51-75(72)97)114-38-21-13-20-37-113-78-50-74(71(48-76(78)107-8)84(102)96-53-63-23-15-14-22-62(63)47-65(96)56-118-119(10,11)89(5,6)7)94-87(105)116-55-61-28-30-64(31-29-61)93-82(100)60(4)92-83(101)81(59(2)3)95-80(99)32-39-109-41-43-111-45-46-112-44-42-110-40-35-91-86(104)117-57-73-69-26-18-16-24-67(69)68-25-17-19-27-70(68)73/h12,14-19,22-31,48-51,59-60,65-66,73,81H,1,13,20-21,32-47,52-58H2,2-11H3,(H,91,104)(H,92,101)(H,93,100)(H,94,105)(H,95,99)/t60-,65-,66-,81-/m0/s1. The van der Waals surface area contributed by atoms with Crippen molar-refractivity contribution in [3.8, 4) is 34.1 Å². The van der Waals surface area contributed by atoms with Gasteiger partial charge in [-0.2, -0.15) is 0 Å². The van der Waals surface area contributed by atoms with E-state index in [4.69, 9.17) is 56.5 Å². The van der Waals surface area contributed by atoms with Crippen molar-refractivity contribution in [3.63, 3.8) is 0 Å². The Balaban J connectivity index is 0.614. The molecular formula is C90H116N8O20Si. The fraction of sp³-hybridized carbons (Fsp3) is 0.489. The summed E-state index contributed by atoms with van der Waals surface area (Å²) < 4.78 is 70.5. The molecule has 0 aromatic heterocycles. The lowest BCUT2D eigenvalue weighted by molar-refractivity contribution is -0.132. The Morgan fingerprint density at radius 3 is 1.88 bits per heavy atom. The summed E-state index contributed by atoms with van der Waals surface area (Å²) in [6.07, 6.45) is 4.82. The van der Waals surface area contributed by atoms with E-state index in [1.807, 2.05) is 47.4 Å². The van der Waals surface area contributed by atoms with E-state index >= 15 is 4.79 Å². The number of ether oxygens (including phenoxy) is 11. The van der Waals surface area contributed by atoms with Gasteiger partial charge in [-0.05, 0) is 145 Å². The van der Waals surface area contributed by atoms with Gasteiger partial charge in [0, 0.05) is 56.3 Å². The van der Waals surface area contributed by atoms with Gasteiger partial charge in [0.05, 0.1) is 121 Å². The predicted molar refractivity (Wildman–Crippen MR) is 452 cm³/mol. The lowest BCUT2D eigenvalue weighted by atomic mass is 9.93. The highest BCUT2D eigenvalue weighted by Gasteiger charge is 2.55. The van der Waals surface area contributed by atoms with Crippen molar-refractivity contribution in [1.82, 2.24) is 25.8 Å². The van der Waals surface area contributed by atoms with Crippen LogP contribution in [-0.2, 0) is 71.5 Å². The van der Waals surface area contributed by atoms with Crippen LogP contribution in [-0.4, -0.2) is 210 Å². The number of amides is 8. The van der Waals surface area contributed by atoms with Gasteiger partial charge in [-0.1, -0.05) is 132 Å². The van der Waals surface area contributed by atoms with E-state index in [9.17, 15) is 33.6 Å². The Hall–Kier alpha value is -10.6. The van der Waals surface area contributed by atoms with Gasteiger partial charge in [0.2, 0.25) is 17.7 Å². The molecule has 640 valence electrons. The smallest absolute Gasteiger partial charge is 0.414 e. The quantitative estimate of drug-likeness (QED) is 0.0103. The first-order valence-electron chi connectivity index (χ1n) is 41.2. The number of nitrogens with zero attached hydrogens (tertiary/aromatic N) is 3. The number of alkyl carbamates (subject to hydrolysis) is 1. The molecule has 0 unspecified atom stereocenters. The second kappa shape index (κ2) is 41.9. The van der Waals surface area contributed by atoms with Gasteiger partial charge in [0.15, 0.2) is 31.3 Å². The molecule has 6 aromatic rings. The van der Waals surface area contributed by atoms with E-state index in [2.05, 4.69) is 97.4 Å². The number of methoxy groups -OCH3 is 2. The molecule has 119 heavy (non-hydrogen) atoms. The van der Waals surface area contributed by atoms with Crippen LogP contribution >= 0.6 is 0 Å². The number of hydrogen-bond donors (Lipinski definition) is 5. The average Bonchev–Trinajstić information content (AvgIpc) is 1.59. The Morgan fingerprint density at radius 2 is 1.25 bits per heavy atom. The Labute approximate surface area is 698 Å². The minimum Gasteiger partial charge on any atom is -0.493 e. The second-order valence-corrected chi connectivity index (χ2v) is 37.4. The molecule has 11 rings (SSSR count). The molecule has 5 aliphatic rings. The van der Waals surface area contributed by atoms with Crippen LogP contribution in [0.5, 0.6) is 23.0 Å². The van der Waals surface area contributed by atoms with Crippen molar-refractivity contribution in [3.05, 3.63) is 173 Å². The third-order valence-corrected chi connectivity index (χ3v) is 27.3. The minimum absolute atomic E-state index is 0.0124. The Morgan fingerprint density at radius 1 is 0.639 bits per heavy atom. The first-order chi connectivity index (χ1) is 57.3. The molecule has 29 heteroatoms. The second-order valence-electron chi connectivity index (χ2n) is 32.6. The number of fused-ring (bicyclic) bond motifs is 6. The van der Waals surface area contributed by atoms with E-state index in [0.29, 0.717) is 106 Å². The summed E-state index contributed by atoms with van der Waals surface area (Å²) in [6.45, 7) is 24.2. The molecule has 5 N–H and O–H groups in total. The van der Waals surface area contributed by atoms with Crippen molar-refractivity contribution in [2.45, 2.75) is 154 Å². The highest BCUT2D eigenvalue weighted by Crippen LogP contribution is 2.56. The SMILES string of the molecule is C=CCOC(=O)N1C[C@@H]2CC3(CC3)CN2C(=O)c2cc(OC)c(OCCCCCOc3cc(NC(=O)OCc4ccc(NC(=O)[C@H](C)NC(=O)[C@@H](NC(=O)CCOCCOCCOCCOCCNC(=O)OCC5c6ccccc6-c6ccccc65)C(C)C)cc4)c(C(=O)N4Cc5ccccc5C[C@H]4CO[Si](C)(C)C(C)(C)C)cc3OC)cc21. The number of rotatable bonds is 42. The van der Waals surface area contributed by atoms with Crippen LogP contribution in [0, 0.1) is 11.3 Å². The molecule has 1 saturated heterocycles. The molecule has 6 aromatic carbocycles. The van der Waals surface area contributed by atoms with Crippen LogP contribution < -0.4 is 50.4 Å². The van der Waals surface area contributed by atoms with Crippen molar-refractivity contribution in [2.24, 2.45) is 11.3 Å². The summed E-state index contributed by atoms with van der Waals surface area (Å²) in [5, 5.41) is 13.8. The van der Waals surface area contributed by atoms with Crippen LogP contribution in [0.2, 0.25) is 18.1 Å². The van der Waals surface area contributed by atoms with E-state index < -0.39 is 56.4 Å². The predicted octanol–water partition coefficient (Wildman–Crippen LogP) is 13.4. The fourth-order valence-electron chi connectivity index (χ4n) is 14.9. The normalized spacial score (nSPS) is 16.2. The molecule has 1 saturated carbocycles. The molecule has 2 fully saturated rings. The van der Waals surface area contributed by atoms with Gasteiger partial charge in [-0.3, -0.25) is 34.2 Å². The third kappa shape index (κ3) is 23.7. The number of anilines is 3. The van der Waals surface area contributed by atoms with Crippen LogP contribution in [0.25, 0.3) is 11.1 Å². The van der Waals surface area contributed by atoms with E-state index in [1.165, 1.54) is 43.2 Å². The number of benzene rings is 6. The molecule has 8 amide bonds. The summed E-state index contributed by atoms with van der Waals surface area (Å²) in [5.74, 6) is -1.09. The van der Waals surface area contributed by atoms with Crippen LogP contribution in [0.15, 0.2) is 134 Å². The maximum absolute atomic E-state index is 15.4. The van der Waals surface area contributed by atoms with Crippen LogP contribution in [0.4, 0.5) is 31.4 Å². The van der Waals surface area contributed by atoms with Crippen molar-refractivity contribution >= 4 is 73.2 Å². The summed E-state index contributed by atoms with van der Waals surface area (Å²) >= 11 is 0. The first kappa shape index (κ1) is 89.2. The Kier molecular flexibility index (Phi) is 31.4. The van der Waals surface area contributed by atoms with Gasteiger partial charge in [0.25, 0.3) is 11.8 Å². The topological polar surface area (TPSA) is 317 Å². The van der Waals surface area contributed by atoms with Crippen molar-refractivity contribution in [2.75, 3.05) is 135 Å². The fourth-order valence-corrected chi connectivity index (χ4v) is 15.9. The van der Waals surface area contributed by atoms with Crippen molar-refractivity contribution < 1.29 is 94.9 Å². The highest BCUT2D eigenvalue weighted by atomic mass is 28.4. The van der Waals surface area contributed by atoms with Gasteiger partial charge < -0.3 is 87.6 Å². The zero-order valence-corrected chi connectivity index (χ0v) is 71.2. The largest absolute Gasteiger partial charge is 0.493 e. The van der Waals surface area contributed by atoms with Gasteiger partial charge in [-0.25, -0.2) is 14.4 Å². The first-order valence-corrected chi connectivity index (χ1v) is 44.1. The summed E-state index contributed by atoms with van der Waals surface area (Å²) in [5.41, 5.74) is 8.79. The maximum atomic E-state index is 15.4. The molecule has 3 aliphatic heterocycles. The molecular weight excluding hydrogens is 1540 g/mol. The average molecular weight is 1660 g/mol. The number of nitrogens with one attached hydrogen (secondary N) is 5. The van der Waals surface area contributed by atoms with Crippen LogP contribution in [0.1, 0.15) is 141 Å². The molecule has 1 spiro atoms. The molecule has 0 bridgehead atoms. The number of carbonyl (C=O) groups is 8. The highest BCUT2D eigenvalue weighted by molar-refractivity contribution is 6.74. The molecule has 2 aliphatic carbocycles. The number of carbonyl (C=O) groups excluding carboxylic acids is 8. The van der Waals surface area contributed by atoms with E-state index in [-0.39, 0.29) is 148 Å². The molecule has 28 nitrogen and oxygen atoms in total.